The van der Waals surface area contributed by atoms with Crippen LogP contribution in [0.15, 0.2) is 24.1 Å². The van der Waals surface area contributed by atoms with E-state index in [0.717, 1.165) is 25.2 Å². The lowest BCUT2D eigenvalue weighted by Crippen LogP contribution is -2.41. The zero-order valence-electron chi connectivity index (χ0n) is 6.74. The molecule has 0 radical (unpaired) electrons. The molecule has 2 unspecified atom stereocenters. The minimum Gasteiger partial charge on any atom is -0.285 e. The van der Waals surface area contributed by atoms with E-state index in [1.165, 1.54) is 0 Å². The molecule has 0 amide bonds. The molecule has 13 heavy (non-hydrogen) atoms. The largest absolute Gasteiger partial charge is 0.285 e. The summed E-state index contributed by atoms with van der Waals surface area (Å²) < 4.78 is 56.0. The second kappa shape index (κ2) is 2.88. The fourth-order valence-corrected chi connectivity index (χ4v) is 2.06. The predicted molar refractivity (Wildman–Crippen MR) is 43.2 cm³/mol. The van der Waals surface area contributed by atoms with Crippen LogP contribution in [-0.4, -0.2) is 23.9 Å². The summed E-state index contributed by atoms with van der Waals surface area (Å²) in [5.74, 6) is -1.21. The van der Waals surface area contributed by atoms with E-state index in [9.17, 15) is 17.2 Å². The Morgan fingerprint density at radius 2 is 2.15 bits per heavy atom. The third kappa shape index (κ3) is 1.78. The smallest absolute Gasteiger partial charge is 0.275 e. The van der Waals surface area contributed by atoms with Crippen LogP contribution in [0.1, 0.15) is 6.92 Å². The molecule has 0 aromatic heterocycles. The number of rotatable bonds is 1. The number of hydrogen-bond acceptors (Lipinski definition) is 2. The van der Waals surface area contributed by atoms with E-state index in [1.807, 2.05) is 0 Å². The lowest BCUT2D eigenvalue weighted by atomic mass is 9.98. The quantitative estimate of drug-likeness (QED) is 0.665. The normalized spacial score (nSPS) is 34.5. The van der Waals surface area contributed by atoms with Gasteiger partial charge in [-0.25, -0.2) is 8.78 Å². The fraction of sp³-hybridized carbons (Fsp3) is 0.429. The maximum Gasteiger partial charge on any atom is 0.275 e. The highest BCUT2D eigenvalue weighted by molar-refractivity contribution is 7.86. The second-order valence-corrected chi connectivity index (χ2v) is 4.45. The van der Waals surface area contributed by atoms with Crippen molar-refractivity contribution in [3.8, 4) is 0 Å². The van der Waals surface area contributed by atoms with Crippen LogP contribution in [0.2, 0.25) is 0 Å². The van der Waals surface area contributed by atoms with Crippen molar-refractivity contribution < 1.29 is 21.8 Å². The molecule has 1 rings (SSSR count). The zero-order valence-corrected chi connectivity index (χ0v) is 7.55. The summed E-state index contributed by atoms with van der Waals surface area (Å²) >= 11 is 0. The van der Waals surface area contributed by atoms with Crippen LogP contribution in [0.3, 0.4) is 0 Å². The molecule has 0 heterocycles. The Labute approximate surface area is 74.5 Å². The number of hydrogen-bond donors (Lipinski definition) is 1. The molecule has 3 nitrogen and oxygen atoms in total. The summed E-state index contributed by atoms with van der Waals surface area (Å²) in [5.41, 5.74) is -2.69. The highest BCUT2D eigenvalue weighted by atomic mass is 32.2. The monoisotopic (exact) mass is 210 g/mol. The van der Waals surface area contributed by atoms with E-state index in [4.69, 9.17) is 4.55 Å². The molecule has 0 aliphatic heterocycles. The van der Waals surface area contributed by atoms with Gasteiger partial charge >= 0.3 is 0 Å². The molecule has 0 saturated carbocycles. The van der Waals surface area contributed by atoms with Gasteiger partial charge in [-0.2, -0.15) is 8.42 Å². The van der Waals surface area contributed by atoms with Crippen molar-refractivity contribution in [2.45, 2.75) is 17.8 Å². The number of alkyl halides is 1. The molecule has 0 aromatic rings. The van der Waals surface area contributed by atoms with Crippen LogP contribution in [0.25, 0.3) is 0 Å². The van der Waals surface area contributed by atoms with E-state index < -0.39 is 26.9 Å². The third-order valence-corrected chi connectivity index (χ3v) is 3.09. The molecule has 1 N–H and O–H groups in total. The van der Waals surface area contributed by atoms with Gasteiger partial charge in [-0.3, -0.25) is 4.55 Å². The van der Waals surface area contributed by atoms with E-state index in [2.05, 4.69) is 0 Å². The molecule has 0 spiro atoms. The first kappa shape index (κ1) is 10.3. The van der Waals surface area contributed by atoms with Gasteiger partial charge in [0.2, 0.25) is 0 Å². The first-order valence-corrected chi connectivity index (χ1v) is 4.96. The van der Waals surface area contributed by atoms with Crippen LogP contribution in [0.4, 0.5) is 8.78 Å². The van der Waals surface area contributed by atoms with E-state index in [-0.39, 0.29) is 0 Å². The van der Waals surface area contributed by atoms with Crippen molar-refractivity contribution >= 4 is 10.1 Å². The molecule has 0 saturated heterocycles. The molecule has 0 fully saturated rings. The Morgan fingerprint density at radius 1 is 1.62 bits per heavy atom. The summed E-state index contributed by atoms with van der Waals surface area (Å²) in [6, 6.07) is 0. The molecule has 0 bridgehead atoms. The second-order valence-electron chi connectivity index (χ2n) is 2.91. The molecule has 1 aliphatic rings. The summed E-state index contributed by atoms with van der Waals surface area (Å²) in [7, 11) is -4.61. The van der Waals surface area contributed by atoms with Crippen molar-refractivity contribution in [3.63, 3.8) is 0 Å². The van der Waals surface area contributed by atoms with Crippen LogP contribution in [0, 0.1) is 0 Å². The Balaban J connectivity index is 3.18. The summed E-state index contributed by atoms with van der Waals surface area (Å²) in [4.78, 5) is 0. The summed E-state index contributed by atoms with van der Waals surface area (Å²) in [5, 5.41) is -1.87. The van der Waals surface area contributed by atoms with Gasteiger partial charge in [0.05, 0.1) is 0 Å². The minimum absolute atomic E-state index is 0.765. The fourth-order valence-electron chi connectivity index (χ4n) is 1.10. The SMILES string of the molecule is CC1(F)C(F)=CC=CC1S(=O)(=O)O. The van der Waals surface area contributed by atoms with Crippen LogP contribution in [0.5, 0.6) is 0 Å². The molecular formula is C7H8F2O3S. The van der Waals surface area contributed by atoms with Gasteiger partial charge in [0.25, 0.3) is 10.1 Å². The Hall–Kier alpha value is -0.750. The molecule has 1 aliphatic carbocycles. The molecule has 2 atom stereocenters. The average Bonchev–Trinajstić information content (AvgIpc) is 1.92. The van der Waals surface area contributed by atoms with Gasteiger partial charge in [-0.1, -0.05) is 12.2 Å². The van der Waals surface area contributed by atoms with Crippen molar-refractivity contribution in [3.05, 3.63) is 24.1 Å². The summed E-state index contributed by atoms with van der Waals surface area (Å²) in [6.45, 7) is 0.765. The number of allylic oxidation sites excluding steroid dienone is 3. The van der Waals surface area contributed by atoms with Gasteiger partial charge in [0, 0.05) is 0 Å². The zero-order chi connectivity index (χ0) is 10.3. The van der Waals surface area contributed by atoms with Crippen molar-refractivity contribution in [1.82, 2.24) is 0 Å². The minimum atomic E-state index is -4.61. The molecule has 0 aromatic carbocycles. The van der Waals surface area contributed by atoms with Gasteiger partial charge in [0.15, 0.2) is 5.67 Å². The molecule has 6 heteroatoms. The Bertz CT molecular complexity index is 367. The standard InChI is InChI=1S/C7H8F2O3S/c1-7(9)5(8)3-2-4-6(7)13(10,11)12/h2-4,6H,1H3,(H,10,11,12). The topological polar surface area (TPSA) is 54.4 Å². The van der Waals surface area contributed by atoms with Crippen LogP contribution in [-0.2, 0) is 10.1 Å². The highest BCUT2D eigenvalue weighted by Gasteiger charge is 2.46. The summed E-state index contributed by atoms with van der Waals surface area (Å²) in [6.07, 6.45) is 2.77. The van der Waals surface area contributed by atoms with Gasteiger partial charge < -0.3 is 0 Å². The van der Waals surface area contributed by atoms with Crippen molar-refractivity contribution in [1.29, 1.82) is 0 Å². The van der Waals surface area contributed by atoms with Crippen molar-refractivity contribution in [2.24, 2.45) is 0 Å². The van der Waals surface area contributed by atoms with E-state index in [1.54, 1.807) is 0 Å². The molecular weight excluding hydrogens is 202 g/mol. The van der Waals surface area contributed by atoms with Crippen molar-refractivity contribution in [2.75, 3.05) is 0 Å². The maximum absolute atomic E-state index is 13.4. The van der Waals surface area contributed by atoms with Gasteiger partial charge in [0.1, 0.15) is 11.1 Å². The lowest BCUT2D eigenvalue weighted by Gasteiger charge is -2.26. The first-order valence-electron chi connectivity index (χ1n) is 3.46. The van der Waals surface area contributed by atoms with E-state index in [0.29, 0.717) is 0 Å². The lowest BCUT2D eigenvalue weighted by molar-refractivity contribution is 0.197. The first-order chi connectivity index (χ1) is 5.76. The van der Waals surface area contributed by atoms with Gasteiger partial charge in [-0.15, -0.1) is 0 Å². The molecule has 74 valence electrons. The van der Waals surface area contributed by atoms with Crippen LogP contribution >= 0.6 is 0 Å². The third-order valence-electron chi connectivity index (χ3n) is 1.85. The van der Waals surface area contributed by atoms with Crippen LogP contribution < -0.4 is 0 Å². The Kier molecular flexibility index (Phi) is 2.29. The Morgan fingerprint density at radius 3 is 2.54 bits per heavy atom. The predicted octanol–water partition coefficient (Wildman–Crippen LogP) is 1.39. The number of halogens is 2. The average molecular weight is 210 g/mol. The highest BCUT2D eigenvalue weighted by Crippen LogP contribution is 2.34. The van der Waals surface area contributed by atoms with Gasteiger partial charge in [-0.05, 0) is 13.0 Å². The maximum atomic E-state index is 13.4. The van der Waals surface area contributed by atoms with E-state index >= 15 is 0 Å².